The van der Waals surface area contributed by atoms with Crippen molar-refractivity contribution in [1.29, 1.82) is 0 Å². The topological polar surface area (TPSA) is 69.7 Å². The number of imide groups is 1. The molecule has 0 aromatic heterocycles. The third-order valence-electron chi connectivity index (χ3n) is 4.49. The Balaban J connectivity index is 1.85. The Morgan fingerprint density at radius 1 is 1.25 bits per heavy atom. The fourth-order valence-corrected chi connectivity index (χ4v) is 3.11. The van der Waals surface area contributed by atoms with Crippen LogP contribution in [0.2, 0.25) is 0 Å². The van der Waals surface area contributed by atoms with Gasteiger partial charge in [-0.2, -0.15) is 0 Å². The molecule has 0 radical (unpaired) electrons. The number of amides is 4. The average Bonchev–Trinajstić information content (AvgIpc) is 3.14. The van der Waals surface area contributed by atoms with Crippen LogP contribution in [-0.2, 0) is 15.1 Å². The number of likely N-dealkylation sites (tertiary alicyclic amines) is 1. The quantitative estimate of drug-likeness (QED) is 0.847. The van der Waals surface area contributed by atoms with Crippen molar-refractivity contribution in [2.45, 2.75) is 25.3 Å². The van der Waals surface area contributed by atoms with Crippen LogP contribution in [0.15, 0.2) is 18.2 Å². The van der Waals surface area contributed by atoms with Crippen LogP contribution in [0.4, 0.5) is 13.6 Å². The number of carbonyl (C=O) groups is 3. The van der Waals surface area contributed by atoms with Crippen LogP contribution in [0.25, 0.3) is 0 Å². The molecule has 1 aromatic rings. The van der Waals surface area contributed by atoms with E-state index in [1.807, 2.05) is 0 Å². The number of halogens is 2. The third kappa shape index (κ3) is 2.61. The molecule has 2 aliphatic rings. The standard InChI is InChI=1S/C16H17F2N3O3/c1-16(11-8-10(17)4-5-12(11)18)14(23)21(15(24)19-16)9-13(22)20-6-2-3-7-20/h4-5,8H,2-3,6-7,9H2,1H3,(H,19,24)/t16-/m0/s1. The van der Waals surface area contributed by atoms with Crippen molar-refractivity contribution in [2.24, 2.45) is 0 Å². The molecule has 2 aliphatic heterocycles. The SMILES string of the molecule is C[C@@]1(c2cc(F)ccc2F)NC(=O)N(CC(=O)N2CCCC2)C1=O. The number of hydrogen-bond donors (Lipinski definition) is 1. The zero-order chi connectivity index (χ0) is 17.5. The van der Waals surface area contributed by atoms with Crippen LogP contribution in [0, 0.1) is 11.6 Å². The zero-order valence-corrected chi connectivity index (χ0v) is 13.1. The molecule has 4 amide bonds. The van der Waals surface area contributed by atoms with Crippen molar-refractivity contribution >= 4 is 17.8 Å². The van der Waals surface area contributed by atoms with Crippen LogP contribution in [0.3, 0.4) is 0 Å². The van der Waals surface area contributed by atoms with E-state index in [0.717, 1.165) is 35.9 Å². The minimum absolute atomic E-state index is 0.267. The molecule has 1 N–H and O–H groups in total. The lowest BCUT2D eigenvalue weighted by molar-refractivity contribution is -0.138. The van der Waals surface area contributed by atoms with Crippen LogP contribution in [0.1, 0.15) is 25.3 Å². The Bertz CT molecular complexity index is 719. The molecule has 8 heteroatoms. The van der Waals surface area contributed by atoms with Gasteiger partial charge in [0.15, 0.2) is 0 Å². The first kappa shape index (κ1) is 16.4. The summed E-state index contributed by atoms with van der Waals surface area (Å²) in [7, 11) is 0. The number of rotatable bonds is 3. The summed E-state index contributed by atoms with van der Waals surface area (Å²) in [6.07, 6.45) is 1.77. The van der Waals surface area contributed by atoms with Gasteiger partial charge in [0.1, 0.15) is 23.7 Å². The molecule has 0 bridgehead atoms. The summed E-state index contributed by atoms with van der Waals surface area (Å²) in [6.45, 7) is 2.08. The van der Waals surface area contributed by atoms with Gasteiger partial charge in [-0.25, -0.2) is 13.6 Å². The molecule has 3 rings (SSSR count). The second kappa shape index (κ2) is 5.85. The van der Waals surface area contributed by atoms with Crippen LogP contribution >= 0.6 is 0 Å². The van der Waals surface area contributed by atoms with E-state index in [1.165, 1.54) is 6.92 Å². The summed E-state index contributed by atoms with van der Waals surface area (Å²) in [6, 6.07) is 1.91. The molecule has 128 valence electrons. The largest absolute Gasteiger partial charge is 0.341 e. The fourth-order valence-electron chi connectivity index (χ4n) is 3.11. The first-order chi connectivity index (χ1) is 11.3. The van der Waals surface area contributed by atoms with E-state index >= 15 is 0 Å². The van der Waals surface area contributed by atoms with Gasteiger partial charge in [-0.1, -0.05) is 0 Å². The Kier molecular flexibility index (Phi) is 3.98. The van der Waals surface area contributed by atoms with Crippen molar-refractivity contribution in [1.82, 2.24) is 15.1 Å². The highest BCUT2D eigenvalue weighted by Gasteiger charge is 2.51. The first-order valence-corrected chi connectivity index (χ1v) is 7.70. The zero-order valence-electron chi connectivity index (χ0n) is 13.1. The van der Waals surface area contributed by atoms with Crippen LogP contribution < -0.4 is 5.32 Å². The molecule has 0 unspecified atom stereocenters. The summed E-state index contributed by atoms with van der Waals surface area (Å²) >= 11 is 0. The van der Waals surface area contributed by atoms with Gasteiger partial charge in [0, 0.05) is 18.7 Å². The average molecular weight is 337 g/mol. The second-order valence-electron chi connectivity index (χ2n) is 6.16. The number of nitrogens with one attached hydrogen (secondary N) is 1. The van der Waals surface area contributed by atoms with Crippen LogP contribution in [-0.4, -0.2) is 47.3 Å². The van der Waals surface area contributed by atoms with Gasteiger partial charge in [0.05, 0.1) is 0 Å². The lowest BCUT2D eigenvalue weighted by atomic mass is 9.91. The van der Waals surface area contributed by atoms with E-state index in [-0.39, 0.29) is 11.5 Å². The monoisotopic (exact) mass is 337 g/mol. The molecule has 2 heterocycles. The molecule has 0 saturated carbocycles. The van der Waals surface area contributed by atoms with Gasteiger partial charge in [-0.05, 0) is 38.0 Å². The number of hydrogen-bond acceptors (Lipinski definition) is 3. The van der Waals surface area contributed by atoms with Gasteiger partial charge in [0.25, 0.3) is 5.91 Å². The maximum Gasteiger partial charge on any atom is 0.325 e. The van der Waals surface area contributed by atoms with Crippen molar-refractivity contribution in [2.75, 3.05) is 19.6 Å². The Morgan fingerprint density at radius 2 is 1.92 bits per heavy atom. The predicted octanol–water partition coefficient (Wildman–Crippen LogP) is 1.35. The molecule has 1 atom stereocenters. The van der Waals surface area contributed by atoms with Crippen molar-refractivity contribution in [3.8, 4) is 0 Å². The van der Waals surface area contributed by atoms with Gasteiger partial charge in [0.2, 0.25) is 5.91 Å². The summed E-state index contributed by atoms with van der Waals surface area (Å²) in [5.41, 5.74) is -2.01. The third-order valence-corrected chi connectivity index (χ3v) is 4.49. The van der Waals surface area contributed by atoms with E-state index in [0.29, 0.717) is 13.1 Å². The summed E-state index contributed by atoms with van der Waals surface area (Å²) in [5, 5.41) is 2.37. The van der Waals surface area contributed by atoms with Gasteiger partial charge >= 0.3 is 6.03 Å². The Morgan fingerprint density at radius 3 is 2.58 bits per heavy atom. The van der Waals surface area contributed by atoms with Crippen LogP contribution in [0.5, 0.6) is 0 Å². The molecular formula is C16H17F2N3O3. The van der Waals surface area contributed by atoms with Crippen molar-refractivity contribution < 1.29 is 23.2 Å². The fraction of sp³-hybridized carbons (Fsp3) is 0.438. The van der Waals surface area contributed by atoms with E-state index in [4.69, 9.17) is 0 Å². The molecular weight excluding hydrogens is 320 g/mol. The minimum Gasteiger partial charge on any atom is -0.341 e. The lowest BCUT2D eigenvalue weighted by Gasteiger charge is -2.23. The summed E-state index contributed by atoms with van der Waals surface area (Å²) < 4.78 is 27.5. The van der Waals surface area contributed by atoms with Gasteiger partial charge in [-0.3, -0.25) is 14.5 Å². The van der Waals surface area contributed by atoms with E-state index < -0.39 is 35.7 Å². The predicted molar refractivity (Wildman–Crippen MR) is 79.8 cm³/mol. The molecule has 24 heavy (non-hydrogen) atoms. The maximum atomic E-state index is 14.0. The maximum absolute atomic E-state index is 14.0. The first-order valence-electron chi connectivity index (χ1n) is 7.70. The lowest BCUT2D eigenvalue weighted by Crippen LogP contribution is -2.44. The Labute approximate surface area is 137 Å². The van der Waals surface area contributed by atoms with E-state index in [1.54, 1.807) is 4.90 Å². The highest BCUT2D eigenvalue weighted by Crippen LogP contribution is 2.31. The number of nitrogens with zero attached hydrogens (tertiary/aromatic N) is 2. The number of urea groups is 1. The Hall–Kier alpha value is -2.51. The van der Waals surface area contributed by atoms with E-state index in [9.17, 15) is 23.2 Å². The molecule has 2 fully saturated rings. The normalized spacial score (nSPS) is 23.8. The van der Waals surface area contributed by atoms with E-state index in [2.05, 4.69) is 5.32 Å². The number of benzene rings is 1. The summed E-state index contributed by atoms with van der Waals surface area (Å²) in [4.78, 5) is 39.3. The van der Waals surface area contributed by atoms with Crippen molar-refractivity contribution in [3.63, 3.8) is 0 Å². The van der Waals surface area contributed by atoms with Gasteiger partial charge in [-0.15, -0.1) is 0 Å². The molecule has 1 aromatic carbocycles. The second-order valence-corrected chi connectivity index (χ2v) is 6.16. The summed E-state index contributed by atoms with van der Waals surface area (Å²) in [5.74, 6) is -2.63. The molecule has 2 saturated heterocycles. The minimum atomic E-state index is -1.74. The molecule has 0 spiro atoms. The van der Waals surface area contributed by atoms with Crippen molar-refractivity contribution in [3.05, 3.63) is 35.4 Å². The smallest absolute Gasteiger partial charge is 0.325 e. The van der Waals surface area contributed by atoms with Gasteiger partial charge < -0.3 is 10.2 Å². The number of carbonyl (C=O) groups excluding carboxylic acids is 3. The highest BCUT2D eigenvalue weighted by molar-refractivity contribution is 6.09. The highest BCUT2D eigenvalue weighted by atomic mass is 19.1. The molecule has 0 aliphatic carbocycles. The molecule has 6 nitrogen and oxygen atoms in total.